The maximum absolute atomic E-state index is 3.72. The molecule has 0 spiro atoms. The van der Waals surface area contributed by atoms with E-state index in [0.29, 0.717) is 0 Å². The number of para-hydroxylation sites is 1. The molecule has 1 N–H and O–H groups in total. The second-order valence-electron chi connectivity index (χ2n) is 8.93. The lowest BCUT2D eigenvalue weighted by Gasteiger charge is -2.12. The van der Waals surface area contributed by atoms with Crippen LogP contribution in [-0.4, -0.2) is 7.85 Å². The van der Waals surface area contributed by atoms with Crippen molar-refractivity contribution in [1.82, 2.24) is 0 Å². The van der Waals surface area contributed by atoms with Crippen LogP contribution in [0.3, 0.4) is 0 Å². The largest absolute Gasteiger partial charge is 0.354 e. The number of nitrogens with one attached hydrogen (secondary N) is 1. The van der Waals surface area contributed by atoms with Crippen molar-refractivity contribution in [3.63, 3.8) is 0 Å². The number of rotatable bonds is 7. The molecule has 0 amide bonds. The molecule has 0 saturated carbocycles. The Bertz CT molecular complexity index is 1610. The molecule has 35 heavy (non-hydrogen) atoms. The van der Waals surface area contributed by atoms with Gasteiger partial charge in [0, 0.05) is 25.4 Å². The molecule has 4 heteroatoms. The second-order valence-corrected chi connectivity index (χ2v) is 11.3. The van der Waals surface area contributed by atoms with Gasteiger partial charge in [0.25, 0.3) is 0 Å². The molecule has 0 unspecified atom stereocenters. The molecule has 2 heterocycles. The Morgan fingerprint density at radius 3 is 2.11 bits per heavy atom. The number of hydrogen-bond acceptors (Lipinski definition) is 3. The van der Waals surface area contributed by atoms with Crippen LogP contribution in [0.2, 0.25) is 0 Å². The van der Waals surface area contributed by atoms with E-state index in [-0.39, 0.29) is 0 Å². The van der Waals surface area contributed by atoms with Crippen molar-refractivity contribution in [2.75, 3.05) is 5.32 Å². The van der Waals surface area contributed by atoms with Crippen LogP contribution in [0.25, 0.3) is 31.3 Å². The van der Waals surface area contributed by atoms with E-state index in [2.05, 4.69) is 116 Å². The lowest BCUT2D eigenvalue weighted by molar-refractivity contribution is 0.833. The lowest BCUT2D eigenvalue weighted by atomic mass is 9.89. The van der Waals surface area contributed by atoms with Crippen LogP contribution in [0.4, 0.5) is 11.4 Å². The molecule has 0 aliphatic carbocycles. The van der Waals surface area contributed by atoms with E-state index in [4.69, 9.17) is 0 Å². The average Bonchev–Trinajstić information content (AvgIpc) is 3.41. The third-order valence-corrected chi connectivity index (χ3v) is 8.94. The first-order valence-electron chi connectivity index (χ1n) is 12.2. The van der Waals surface area contributed by atoms with Gasteiger partial charge >= 0.3 is 0 Å². The summed E-state index contributed by atoms with van der Waals surface area (Å²) in [5.41, 5.74) is 6.65. The first kappa shape index (κ1) is 22.1. The Hall–Kier alpha value is -3.34. The highest BCUT2D eigenvalue weighted by molar-refractivity contribution is 7.27. The first-order valence-corrected chi connectivity index (χ1v) is 13.8. The molecule has 0 atom stereocenters. The van der Waals surface area contributed by atoms with Gasteiger partial charge in [-0.2, -0.15) is 11.3 Å². The van der Waals surface area contributed by atoms with Gasteiger partial charge in [-0.15, -0.1) is 11.3 Å². The molecule has 6 rings (SSSR count). The van der Waals surface area contributed by atoms with Crippen molar-refractivity contribution >= 4 is 66.8 Å². The summed E-state index contributed by atoms with van der Waals surface area (Å²) in [6.07, 6.45) is 3.25. The van der Waals surface area contributed by atoms with Gasteiger partial charge in [-0.3, -0.25) is 0 Å². The third kappa shape index (κ3) is 4.40. The topological polar surface area (TPSA) is 12.0 Å². The molecule has 4 aromatic carbocycles. The van der Waals surface area contributed by atoms with E-state index < -0.39 is 0 Å². The lowest BCUT2D eigenvalue weighted by Crippen LogP contribution is -2.02. The molecule has 170 valence electrons. The maximum atomic E-state index is 3.72. The van der Waals surface area contributed by atoms with Gasteiger partial charge in [-0.05, 0) is 70.4 Å². The van der Waals surface area contributed by atoms with E-state index in [1.165, 1.54) is 52.2 Å². The Kier molecular flexibility index (Phi) is 6.16. The Morgan fingerprint density at radius 1 is 0.629 bits per heavy atom. The van der Waals surface area contributed by atoms with Gasteiger partial charge in [-0.1, -0.05) is 78.9 Å². The minimum atomic E-state index is 1.06. The normalized spacial score (nSPS) is 11.3. The number of fused-ring (bicyclic) bond motifs is 2. The van der Waals surface area contributed by atoms with Gasteiger partial charge in [0.1, 0.15) is 0 Å². The van der Waals surface area contributed by atoms with E-state index in [9.17, 15) is 0 Å². The predicted octanol–water partition coefficient (Wildman–Crippen LogP) is 7.96. The summed E-state index contributed by atoms with van der Waals surface area (Å²) < 4.78 is 4.12. The smallest absolute Gasteiger partial charge is 0.153 e. The minimum absolute atomic E-state index is 1.06. The Morgan fingerprint density at radius 2 is 1.29 bits per heavy atom. The second kappa shape index (κ2) is 9.73. The number of thiophene rings is 2. The van der Waals surface area contributed by atoms with E-state index in [1.807, 2.05) is 22.7 Å². The summed E-state index contributed by atoms with van der Waals surface area (Å²) in [7, 11) is 2.26. The van der Waals surface area contributed by atoms with E-state index >= 15 is 0 Å². The zero-order valence-electron chi connectivity index (χ0n) is 19.8. The standard InChI is InChI=1S/C31H26BNS2/c32-31-29(24-16-6-8-18-26(24)35-31)23-15-5-4-11-21(23)12-10-20-28-30(33-22-13-2-1-3-14-22)25-17-7-9-19-27(25)34-28/h1-9,11,13-19,33H,10,12,20,32H2. The van der Waals surface area contributed by atoms with Gasteiger partial charge < -0.3 is 5.32 Å². The van der Waals surface area contributed by atoms with Crippen molar-refractivity contribution in [2.45, 2.75) is 19.3 Å². The fraction of sp³-hybridized carbons (Fsp3) is 0.0968. The number of aryl methyl sites for hydroxylation is 2. The zero-order valence-corrected chi connectivity index (χ0v) is 21.4. The van der Waals surface area contributed by atoms with Crippen LogP contribution in [0.15, 0.2) is 103 Å². The molecule has 0 bridgehead atoms. The summed E-state index contributed by atoms with van der Waals surface area (Å²) in [5.74, 6) is 0. The van der Waals surface area contributed by atoms with Crippen LogP contribution in [-0.2, 0) is 12.8 Å². The molecule has 0 fully saturated rings. The molecule has 0 radical (unpaired) electrons. The fourth-order valence-electron chi connectivity index (χ4n) is 5.00. The van der Waals surface area contributed by atoms with Crippen molar-refractivity contribution in [3.05, 3.63) is 114 Å². The highest BCUT2D eigenvalue weighted by atomic mass is 32.1. The van der Waals surface area contributed by atoms with Crippen LogP contribution < -0.4 is 10.1 Å². The number of hydrogen-bond donors (Lipinski definition) is 1. The summed E-state index contributed by atoms with van der Waals surface area (Å²) in [6, 6.07) is 37.0. The average molecular weight is 488 g/mol. The molecule has 1 nitrogen and oxygen atoms in total. The quantitative estimate of drug-likeness (QED) is 0.225. The Balaban J connectivity index is 1.28. The molecule has 0 aliphatic heterocycles. The van der Waals surface area contributed by atoms with Crippen molar-refractivity contribution < 1.29 is 0 Å². The fourth-order valence-corrected chi connectivity index (χ4v) is 7.28. The van der Waals surface area contributed by atoms with Crippen LogP contribution in [0, 0.1) is 0 Å². The monoisotopic (exact) mass is 487 g/mol. The van der Waals surface area contributed by atoms with Crippen LogP contribution >= 0.6 is 22.7 Å². The molecule has 0 aliphatic rings. The predicted molar refractivity (Wildman–Crippen MR) is 159 cm³/mol. The molecule has 0 saturated heterocycles. The van der Waals surface area contributed by atoms with Gasteiger partial charge in [0.05, 0.1) is 5.69 Å². The Labute approximate surface area is 215 Å². The molecular weight excluding hydrogens is 461 g/mol. The number of anilines is 2. The highest BCUT2D eigenvalue weighted by Gasteiger charge is 2.15. The molecule has 6 aromatic rings. The van der Waals surface area contributed by atoms with E-state index in [1.54, 1.807) is 0 Å². The minimum Gasteiger partial charge on any atom is -0.354 e. The third-order valence-electron chi connectivity index (χ3n) is 6.62. The summed E-state index contributed by atoms with van der Waals surface area (Å²) >= 11 is 3.83. The summed E-state index contributed by atoms with van der Waals surface area (Å²) in [4.78, 5) is 1.43. The van der Waals surface area contributed by atoms with Crippen molar-refractivity contribution in [3.8, 4) is 11.1 Å². The summed E-state index contributed by atoms with van der Waals surface area (Å²) in [5, 5.41) is 6.41. The first-order chi connectivity index (χ1) is 17.3. The number of benzene rings is 4. The van der Waals surface area contributed by atoms with Gasteiger partial charge in [0.2, 0.25) is 0 Å². The van der Waals surface area contributed by atoms with E-state index in [0.717, 1.165) is 24.9 Å². The van der Waals surface area contributed by atoms with Crippen LogP contribution in [0.1, 0.15) is 16.9 Å². The maximum Gasteiger partial charge on any atom is 0.153 e. The molecule has 2 aromatic heterocycles. The SMILES string of the molecule is Bc1sc2ccccc2c1-c1ccccc1CCCc1sc2ccccc2c1Nc1ccccc1. The van der Waals surface area contributed by atoms with Crippen LogP contribution in [0.5, 0.6) is 0 Å². The molecular formula is C31H26BNS2. The van der Waals surface area contributed by atoms with Crippen molar-refractivity contribution in [2.24, 2.45) is 0 Å². The summed E-state index contributed by atoms with van der Waals surface area (Å²) in [6.45, 7) is 0. The zero-order chi connectivity index (χ0) is 23.6. The highest BCUT2D eigenvalue weighted by Crippen LogP contribution is 2.39. The van der Waals surface area contributed by atoms with Crippen molar-refractivity contribution in [1.29, 1.82) is 0 Å². The van der Waals surface area contributed by atoms with Gasteiger partial charge in [0.15, 0.2) is 7.85 Å². The van der Waals surface area contributed by atoms with Gasteiger partial charge in [-0.25, -0.2) is 0 Å².